The summed E-state index contributed by atoms with van der Waals surface area (Å²) in [6.45, 7) is 0. The molecule has 1 unspecified atom stereocenters. The molecule has 0 amide bonds. The van der Waals surface area contributed by atoms with Gasteiger partial charge in [0.1, 0.15) is 4.95 Å². The molecule has 1 rings (SSSR count). The van der Waals surface area contributed by atoms with Crippen molar-refractivity contribution in [1.29, 1.82) is 0 Å². The highest BCUT2D eigenvalue weighted by Gasteiger charge is 2.02. The fourth-order valence-electron chi connectivity index (χ4n) is 0.559. The summed E-state index contributed by atoms with van der Waals surface area (Å²) in [6, 6.07) is 0. The molecule has 0 saturated heterocycles. The third-order valence-electron chi connectivity index (χ3n) is 1.09. The minimum absolute atomic E-state index is 0.382. The summed E-state index contributed by atoms with van der Waals surface area (Å²) in [4.78, 5) is 2.47. The summed E-state index contributed by atoms with van der Waals surface area (Å²) in [5, 5.41) is 0. The highest BCUT2D eigenvalue weighted by molar-refractivity contribution is 9.09. The van der Waals surface area contributed by atoms with Crippen molar-refractivity contribution in [3.8, 4) is 0 Å². The predicted molar refractivity (Wildman–Crippen MR) is 38.8 cm³/mol. The lowest BCUT2D eigenvalue weighted by atomic mass is 10.4. The summed E-state index contributed by atoms with van der Waals surface area (Å²) >= 11 is 3.44. The zero-order valence-electron chi connectivity index (χ0n) is 4.71. The van der Waals surface area contributed by atoms with Crippen molar-refractivity contribution in [1.82, 2.24) is 4.90 Å². The zero-order valence-corrected chi connectivity index (χ0v) is 6.30. The van der Waals surface area contributed by atoms with Gasteiger partial charge in [0.25, 0.3) is 0 Å². The fourth-order valence-corrected chi connectivity index (χ4v) is 0.872. The van der Waals surface area contributed by atoms with E-state index in [2.05, 4.69) is 26.9 Å². The van der Waals surface area contributed by atoms with E-state index in [0.29, 0.717) is 4.95 Å². The molecule has 0 aromatic rings. The Hall–Kier alpha value is -0.240. The summed E-state index contributed by atoms with van der Waals surface area (Å²) < 4.78 is 0. The standard InChI is InChI=1S/C6H8BrN/c1-8-5-3-2-4-6(8)7/h2-6H,1H3. The number of allylic oxidation sites excluding steroid dienone is 2. The molecule has 0 fully saturated rings. The fraction of sp³-hybridized carbons (Fsp3) is 0.333. The quantitative estimate of drug-likeness (QED) is 0.399. The summed E-state index contributed by atoms with van der Waals surface area (Å²) in [6.07, 6.45) is 8.15. The Morgan fingerprint density at radius 1 is 1.50 bits per heavy atom. The number of rotatable bonds is 0. The van der Waals surface area contributed by atoms with Gasteiger partial charge in [0.2, 0.25) is 0 Å². The number of hydrogen-bond donors (Lipinski definition) is 0. The average molecular weight is 174 g/mol. The maximum Gasteiger partial charge on any atom is 0.103 e. The first-order valence-corrected chi connectivity index (χ1v) is 3.43. The molecule has 0 saturated carbocycles. The number of alkyl halides is 1. The Bertz CT molecular complexity index is 112. The predicted octanol–water partition coefficient (Wildman–Crippen LogP) is 1.72. The van der Waals surface area contributed by atoms with Gasteiger partial charge >= 0.3 is 0 Å². The molecule has 1 nitrogen and oxygen atoms in total. The van der Waals surface area contributed by atoms with Crippen LogP contribution in [0.4, 0.5) is 0 Å². The highest BCUT2D eigenvalue weighted by atomic mass is 79.9. The van der Waals surface area contributed by atoms with E-state index in [1.807, 2.05) is 25.4 Å². The Morgan fingerprint density at radius 2 is 2.25 bits per heavy atom. The molecular formula is C6H8BrN. The van der Waals surface area contributed by atoms with Crippen LogP contribution in [0, 0.1) is 0 Å². The van der Waals surface area contributed by atoms with Crippen molar-refractivity contribution < 1.29 is 0 Å². The molecule has 0 bridgehead atoms. The number of halogens is 1. The van der Waals surface area contributed by atoms with Crippen LogP contribution in [0.25, 0.3) is 0 Å². The van der Waals surface area contributed by atoms with Crippen LogP contribution in [0.15, 0.2) is 24.4 Å². The largest absolute Gasteiger partial charge is 0.365 e. The molecule has 8 heavy (non-hydrogen) atoms. The van der Waals surface area contributed by atoms with Gasteiger partial charge in [-0.05, 0) is 6.08 Å². The Morgan fingerprint density at radius 3 is 2.62 bits per heavy atom. The van der Waals surface area contributed by atoms with Crippen molar-refractivity contribution >= 4 is 15.9 Å². The molecule has 0 aromatic carbocycles. The first kappa shape index (κ1) is 5.89. The van der Waals surface area contributed by atoms with Gasteiger partial charge in [-0.15, -0.1) is 0 Å². The molecule has 1 aliphatic heterocycles. The monoisotopic (exact) mass is 173 g/mol. The smallest absolute Gasteiger partial charge is 0.103 e. The van der Waals surface area contributed by atoms with Crippen molar-refractivity contribution in [3.05, 3.63) is 24.4 Å². The summed E-state index contributed by atoms with van der Waals surface area (Å²) in [5.74, 6) is 0. The van der Waals surface area contributed by atoms with Crippen LogP contribution < -0.4 is 0 Å². The molecule has 44 valence electrons. The Balaban J connectivity index is 2.59. The third kappa shape index (κ3) is 1.13. The second-order valence-corrected chi connectivity index (χ2v) is 2.70. The van der Waals surface area contributed by atoms with Gasteiger partial charge in [-0.1, -0.05) is 28.1 Å². The number of hydrogen-bond acceptors (Lipinski definition) is 1. The molecule has 0 N–H and O–H groups in total. The van der Waals surface area contributed by atoms with Crippen molar-refractivity contribution in [2.24, 2.45) is 0 Å². The van der Waals surface area contributed by atoms with Crippen molar-refractivity contribution in [2.45, 2.75) is 4.95 Å². The van der Waals surface area contributed by atoms with E-state index in [1.54, 1.807) is 0 Å². The van der Waals surface area contributed by atoms with Gasteiger partial charge in [0.05, 0.1) is 0 Å². The lowest BCUT2D eigenvalue weighted by Crippen LogP contribution is -2.19. The minimum atomic E-state index is 0.382. The van der Waals surface area contributed by atoms with E-state index in [-0.39, 0.29) is 0 Å². The second kappa shape index (κ2) is 2.35. The normalized spacial score (nSPS) is 26.8. The van der Waals surface area contributed by atoms with Gasteiger partial charge in [-0.25, -0.2) is 0 Å². The molecule has 0 spiro atoms. The number of likely N-dealkylation sites (N-methyl/N-ethyl adjacent to an activating group) is 1. The average Bonchev–Trinajstić information content (AvgIpc) is 1.77. The van der Waals surface area contributed by atoms with Crippen LogP contribution in [0.2, 0.25) is 0 Å². The van der Waals surface area contributed by atoms with Crippen LogP contribution in [0.3, 0.4) is 0 Å². The first-order valence-electron chi connectivity index (χ1n) is 2.52. The molecule has 2 heteroatoms. The van der Waals surface area contributed by atoms with Crippen LogP contribution in [0.5, 0.6) is 0 Å². The highest BCUT2D eigenvalue weighted by Crippen LogP contribution is 2.10. The van der Waals surface area contributed by atoms with E-state index >= 15 is 0 Å². The molecule has 1 aliphatic rings. The number of nitrogens with zero attached hydrogens (tertiary/aromatic N) is 1. The maximum atomic E-state index is 3.44. The minimum Gasteiger partial charge on any atom is -0.365 e. The zero-order chi connectivity index (χ0) is 5.98. The van der Waals surface area contributed by atoms with Crippen LogP contribution in [-0.2, 0) is 0 Å². The molecule has 0 aromatic heterocycles. The van der Waals surface area contributed by atoms with E-state index in [1.165, 1.54) is 0 Å². The van der Waals surface area contributed by atoms with Crippen molar-refractivity contribution in [3.63, 3.8) is 0 Å². The van der Waals surface area contributed by atoms with Crippen LogP contribution in [-0.4, -0.2) is 16.9 Å². The van der Waals surface area contributed by atoms with Gasteiger partial charge in [0.15, 0.2) is 0 Å². The maximum absolute atomic E-state index is 3.44. The van der Waals surface area contributed by atoms with Gasteiger partial charge in [-0.2, -0.15) is 0 Å². The van der Waals surface area contributed by atoms with Crippen LogP contribution >= 0.6 is 15.9 Å². The molecule has 1 atom stereocenters. The summed E-state index contributed by atoms with van der Waals surface area (Å²) in [5.41, 5.74) is 0. The van der Waals surface area contributed by atoms with Gasteiger partial charge in [0, 0.05) is 13.2 Å². The molecular weight excluding hydrogens is 166 g/mol. The second-order valence-electron chi connectivity index (χ2n) is 1.76. The van der Waals surface area contributed by atoms with Gasteiger partial charge < -0.3 is 4.90 Å². The topological polar surface area (TPSA) is 3.24 Å². The Kier molecular flexibility index (Phi) is 1.73. The first-order chi connectivity index (χ1) is 3.80. The third-order valence-corrected chi connectivity index (χ3v) is 2.04. The lowest BCUT2D eigenvalue weighted by Gasteiger charge is -2.19. The molecule has 1 heterocycles. The van der Waals surface area contributed by atoms with E-state index in [4.69, 9.17) is 0 Å². The van der Waals surface area contributed by atoms with E-state index in [0.717, 1.165) is 0 Å². The molecule has 0 radical (unpaired) electrons. The lowest BCUT2D eigenvalue weighted by molar-refractivity contribution is 0.480. The molecule has 0 aliphatic carbocycles. The van der Waals surface area contributed by atoms with Crippen molar-refractivity contribution in [2.75, 3.05) is 7.05 Å². The Labute approximate surface area is 57.8 Å². The van der Waals surface area contributed by atoms with Crippen LogP contribution in [0.1, 0.15) is 0 Å². The SMILES string of the molecule is CN1C=CC=CC1Br. The van der Waals surface area contributed by atoms with E-state index in [9.17, 15) is 0 Å². The van der Waals surface area contributed by atoms with Gasteiger partial charge in [-0.3, -0.25) is 0 Å². The summed E-state index contributed by atoms with van der Waals surface area (Å²) in [7, 11) is 2.03. The van der Waals surface area contributed by atoms with E-state index < -0.39 is 0 Å².